The maximum Gasteiger partial charge on any atom is 0.255 e. The number of carbonyl (C=O) groups excluding carboxylic acids is 1. The lowest BCUT2D eigenvalue weighted by atomic mass is 10.1. The van der Waals surface area contributed by atoms with Gasteiger partial charge >= 0.3 is 0 Å². The Balaban J connectivity index is 1.87. The number of hydrogen-bond acceptors (Lipinski definition) is 3. The van der Waals surface area contributed by atoms with Gasteiger partial charge in [0, 0.05) is 23.1 Å². The summed E-state index contributed by atoms with van der Waals surface area (Å²) in [5, 5.41) is 0. The fourth-order valence-electron chi connectivity index (χ4n) is 2.53. The molecule has 0 spiro atoms. The number of benzene rings is 1. The number of carbonyl (C=O) groups is 1. The van der Waals surface area contributed by atoms with E-state index in [1.54, 1.807) is 0 Å². The predicted molar refractivity (Wildman–Crippen MR) is 88.8 cm³/mol. The lowest BCUT2D eigenvalue weighted by molar-refractivity contribution is 0.0302. The van der Waals surface area contributed by atoms with E-state index in [1.165, 1.54) is 0 Å². The second kappa shape index (κ2) is 6.58. The van der Waals surface area contributed by atoms with Crippen LogP contribution in [0.25, 0.3) is 11.3 Å². The van der Waals surface area contributed by atoms with Crippen molar-refractivity contribution in [3.63, 3.8) is 0 Å². The molecule has 0 bridgehead atoms. The van der Waals surface area contributed by atoms with Crippen molar-refractivity contribution in [2.75, 3.05) is 26.3 Å². The fraction of sp³-hybridized carbons (Fsp3) is 0.294. The number of ether oxygens (including phenoxy) is 1. The number of morpholine rings is 1. The number of aryl methyl sites for hydroxylation is 1. The predicted octanol–water partition coefficient (Wildman–Crippen LogP) is 3.29. The van der Waals surface area contributed by atoms with E-state index in [0.717, 1.165) is 21.4 Å². The van der Waals surface area contributed by atoms with Crippen molar-refractivity contribution >= 4 is 21.8 Å². The van der Waals surface area contributed by atoms with Crippen molar-refractivity contribution in [2.45, 2.75) is 6.92 Å². The summed E-state index contributed by atoms with van der Waals surface area (Å²) in [4.78, 5) is 19.0. The molecule has 4 nitrogen and oxygen atoms in total. The molecular weight excluding hydrogens is 344 g/mol. The van der Waals surface area contributed by atoms with Crippen molar-refractivity contribution in [1.82, 2.24) is 9.88 Å². The van der Waals surface area contributed by atoms with E-state index in [0.29, 0.717) is 31.9 Å². The Kier molecular flexibility index (Phi) is 4.55. The third-order valence-electron chi connectivity index (χ3n) is 3.73. The van der Waals surface area contributed by atoms with E-state index in [9.17, 15) is 4.79 Å². The highest BCUT2D eigenvalue weighted by Gasteiger charge is 2.20. The zero-order chi connectivity index (χ0) is 15.5. The Labute approximate surface area is 138 Å². The highest BCUT2D eigenvalue weighted by Crippen LogP contribution is 2.23. The van der Waals surface area contributed by atoms with Crippen LogP contribution < -0.4 is 0 Å². The van der Waals surface area contributed by atoms with Crippen molar-refractivity contribution in [1.29, 1.82) is 0 Å². The molecule has 2 aromatic rings. The summed E-state index contributed by atoms with van der Waals surface area (Å²) in [7, 11) is 0. The molecule has 1 aromatic carbocycles. The second-order valence-electron chi connectivity index (χ2n) is 5.24. The van der Waals surface area contributed by atoms with Crippen molar-refractivity contribution in [3.8, 4) is 11.3 Å². The van der Waals surface area contributed by atoms with Crippen molar-refractivity contribution in [2.24, 2.45) is 0 Å². The molecule has 2 heterocycles. The summed E-state index contributed by atoms with van der Waals surface area (Å²) in [5.74, 6) is 0.0362. The summed E-state index contributed by atoms with van der Waals surface area (Å²) >= 11 is 3.47. The zero-order valence-corrected chi connectivity index (χ0v) is 14.0. The summed E-state index contributed by atoms with van der Waals surface area (Å²) in [5.41, 5.74) is 3.33. The highest BCUT2D eigenvalue weighted by atomic mass is 79.9. The molecule has 1 fully saturated rings. The summed E-state index contributed by atoms with van der Waals surface area (Å²) < 4.78 is 6.30. The molecule has 0 N–H and O–H groups in total. The van der Waals surface area contributed by atoms with E-state index >= 15 is 0 Å². The van der Waals surface area contributed by atoms with Crippen LogP contribution in [0.3, 0.4) is 0 Å². The molecule has 0 unspecified atom stereocenters. The first-order valence-electron chi connectivity index (χ1n) is 7.26. The normalized spacial score (nSPS) is 14.9. The van der Waals surface area contributed by atoms with E-state index < -0.39 is 0 Å². The molecule has 3 rings (SSSR count). The standard InChI is InChI=1S/C17H17BrN2O2/c1-12-15(17(21)20-7-9-22-10-8-20)5-6-16(19-12)13-3-2-4-14(18)11-13/h2-6,11H,7-10H2,1H3. The number of pyridine rings is 1. The lowest BCUT2D eigenvalue weighted by Gasteiger charge is -2.27. The minimum atomic E-state index is 0.0362. The highest BCUT2D eigenvalue weighted by molar-refractivity contribution is 9.10. The van der Waals surface area contributed by atoms with E-state index in [-0.39, 0.29) is 5.91 Å². The molecular formula is C17H17BrN2O2. The first kappa shape index (κ1) is 15.2. The molecule has 5 heteroatoms. The Morgan fingerprint density at radius 2 is 2.00 bits per heavy atom. The quantitative estimate of drug-likeness (QED) is 0.825. The molecule has 0 saturated carbocycles. The van der Waals surface area contributed by atoms with E-state index in [2.05, 4.69) is 20.9 Å². The fourth-order valence-corrected chi connectivity index (χ4v) is 2.93. The van der Waals surface area contributed by atoms with Crippen molar-refractivity contribution < 1.29 is 9.53 Å². The second-order valence-corrected chi connectivity index (χ2v) is 6.16. The number of aromatic nitrogens is 1. The summed E-state index contributed by atoms with van der Waals surface area (Å²) in [6, 6.07) is 11.8. The molecule has 0 radical (unpaired) electrons. The maximum absolute atomic E-state index is 12.5. The first-order valence-corrected chi connectivity index (χ1v) is 8.05. The minimum absolute atomic E-state index is 0.0362. The minimum Gasteiger partial charge on any atom is -0.378 e. The average Bonchev–Trinajstić information content (AvgIpc) is 2.55. The molecule has 0 atom stereocenters. The van der Waals surface area contributed by atoms with Gasteiger partial charge in [-0.3, -0.25) is 9.78 Å². The van der Waals surface area contributed by atoms with Crippen LogP contribution in [-0.4, -0.2) is 42.1 Å². The van der Waals surface area contributed by atoms with Crippen LogP contribution in [-0.2, 0) is 4.74 Å². The molecule has 1 aliphatic rings. The third-order valence-corrected chi connectivity index (χ3v) is 4.23. The van der Waals surface area contributed by atoms with Crippen LogP contribution in [0.2, 0.25) is 0 Å². The van der Waals surface area contributed by atoms with Gasteiger partial charge in [-0.25, -0.2) is 0 Å². The van der Waals surface area contributed by atoms with Crippen LogP contribution in [0.1, 0.15) is 16.1 Å². The van der Waals surface area contributed by atoms with Gasteiger partial charge in [0.1, 0.15) is 0 Å². The molecule has 0 aliphatic carbocycles. The van der Waals surface area contributed by atoms with Crippen LogP contribution in [0.4, 0.5) is 0 Å². The molecule has 22 heavy (non-hydrogen) atoms. The van der Waals surface area contributed by atoms with Gasteiger partial charge < -0.3 is 9.64 Å². The van der Waals surface area contributed by atoms with Crippen LogP contribution in [0.5, 0.6) is 0 Å². The number of nitrogens with zero attached hydrogens (tertiary/aromatic N) is 2. The van der Waals surface area contributed by atoms with Gasteiger partial charge in [-0.05, 0) is 31.2 Å². The zero-order valence-electron chi connectivity index (χ0n) is 12.4. The van der Waals surface area contributed by atoms with Crippen LogP contribution in [0, 0.1) is 6.92 Å². The summed E-state index contributed by atoms with van der Waals surface area (Å²) in [6.07, 6.45) is 0. The molecule has 1 aliphatic heterocycles. The number of rotatable bonds is 2. The molecule has 1 saturated heterocycles. The largest absolute Gasteiger partial charge is 0.378 e. The van der Waals surface area contributed by atoms with E-state index in [4.69, 9.17) is 4.74 Å². The Bertz CT molecular complexity index is 697. The number of hydrogen-bond donors (Lipinski definition) is 0. The number of halogens is 1. The SMILES string of the molecule is Cc1nc(-c2cccc(Br)c2)ccc1C(=O)N1CCOCC1. The molecule has 1 amide bonds. The van der Waals surface area contributed by atoms with Crippen molar-refractivity contribution in [3.05, 3.63) is 52.1 Å². The molecule has 1 aromatic heterocycles. The topological polar surface area (TPSA) is 42.4 Å². The van der Waals surface area contributed by atoms with Crippen LogP contribution >= 0.6 is 15.9 Å². The lowest BCUT2D eigenvalue weighted by Crippen LogP contribution is -2.41. The monoisotopic (exact) mass is 360 g/mol. The molecule has 114 valence electrons. The van der Waals surface area contributed by atoms with Gasteiger partial charge in [0.05, 0.1) is 30.2 Å². The Hall–Kier alpha value is -1.72. The first-order chi connectivity index (χ1) is 10.6. The summed E-state index contributed by atoms with van der Waals surface area (Å²) in [6.45, 7) is 4.38. The maximum atomic E-state index is 12.5. The number of amides is 1. The van der Waals surface area contributed by atoms with Gasteiger partial charge in [-0.2, -0.15) is 0 Å². The van der Waals surface area contributed by atoms with Gasteiger partial charge in [0.2, 0.25) is 0 Å². The third kappa shape index (κ3) is 3.20. The van der Waals surface area contributed by atoms with Gasteiger partial charge in [0.25, 0.3) is 5.91 Å². The van der Waals surface area contributed by atoms with E-state index in [1.807, 2.05) is 48.2 Å². The average molecular weight is 361 g/mol. The Morgan fingerprint density at radius 3 is 2.68 bits per heavy atom. The smallest absolute Gasteiger partial charge is 0.255 e. The van der Waals surface area contributed by atoms with Gasteiger partial charge in [0.15, 0.2) is 0 Å². The van der Waals surface area contributed by atoms with Gasteiger partial charge in [-0.1, -0.05) is 28.1 Å². The Morgan fingerprint density at radius 1 is 1.23 bits per heavy atom. The van der Waals surface area contributed by atoms with Crippen LogP contribution in [0.15, 0.2) is 40.9 Å². The van der Waals surface area contributed by atoms with Gasteiger partial charge in [-0.15, -0.1) is 0 Å².